The lowest BCUT2D eigenvalue weighted by Crippen LogP contribution is -2.02. The fourth-order valence-electron chi connectivity index (χ4n) is 2.14. The van der Waals surface area contributed by atoms with Gasteiger partial charge in [-0.1, -0.05) is 24.3 Å². The number of benzene rings is 2. The first kappa shape index (κ1) is 15.6. The number of aryl methyl sites for hydroxylation is 2. The molecular formula is C18H19ClO2. The molecule has 0 atom stereocenters. The predicted molar refractivity (Wildman–Crippen MR) is 86.4 cm³/mol. The van der Waals surface area contributed by atoms with Gasteiger partial charge >= 0.3 is 0 Å². The number of carbonyl (C=O) groups is 1. The molecule has 0 aliphatic carbocycles. The predicted octanol–water partition coefficient (Wildman–Crippen LogP) is 4.69. The Bertz CT molecular complexity index is 635. The molecule has 0 saturated heterocycles. The van der Waals surface area contributed by atoms with Crippen molar-refractivity contribution in [3.8, 4) is 5.75 Å². The average molecular weight is 303 g/mol. The maximum atomic E-state index is 11.8. The van der Waals surface area contributed by atoms with Gasteiger partial charge in [-0.05, 0) is 48.7 Å². The van der Waals surface area contributed by atoms with E-state index in [1.165, 1.54) is 11.1 Å². The highest BCUT2D eigenvalue weighted by Gasteiger charge is 2.08. The van der Waals surface area contributed by atoms with Crippen molar-refractivity contribution in [2.24, 2.45) is 0 Å². The van der Waals surface area contributed by atoms with Crippen molar-refractivity contribution in [3.05, 3.63) is 64.7 Å². The molecule has 2 rings (SSSR count). The summed E-state index contributed by atoms with van der Waals surface area (Å²) in [5.41, 5.74) is 4.03. The maximum Gasteiger partial charge on any atom is 0.164 e. The van der Waals surface area contributed by atoms with Crippen molar-refractivity contribution < 1.29 is 9.53 Å². The zero-order valence-electron chi connectivity index (χ0n) is 12.4. The van der Waals surface area contributed by atoms with E-state index in [-0.39, 0.29) is 5.78 Å². The van der Waals surface area contributed by atoms with Crippen LogP contribution in [0.2, 0.25) is 0 Å². The van der Waals surface area contributed by atoms with Crippen LogP contribution in [-0.2, 0) is 6.61 Å². The smallest absolute Gasteiger partial charge is 0.164 e. The molecule has 2 nitrogen and oxygen atoms in total. The number of carbonyl (C=O) groups excluding carboxylic acids is 1. The monoisotopic (exact) mass is 302 g/mol. The van der Waals surface area contributed by atoms with E-state index in [0.717, 1.165) is 11.3 Å². The molecule has 0 saturated carbocycles. The summed E-state index contributed by atoms with van der Waals surface area (Å²) in [6, 6.07) is 13.7. The Labute approximate surface area is 130 Å². The van der Waals surface area contributed by atoms with E-state index in [2.05, 4.69) is 19.1 Å². The minimum Gasteiger partial charge on any atom is -0.489 e. The highest BCUT2D eigenvalue weighted by atomic mass is 35.5. The molecule has 0 aromatic heterocycles. The van der Waals surface area contributed by atoms with Crippen LogP contribution in [0.1, 0.15) is 33.5 Å². The molecule has 3 heteroatoms. The normalized spacial score (nSPS) is 10.4. The van der Waals surface area contributed by atoms with Crippen molar-refractivity contribution in [1.82, 2.24) is 0 Å². The summed E-state index contributed by atoms with van der Waals surface area (Å²) in [5, 5.41) is 0. The molecule has 0 unspecified atom stereocenters. The first-order chi connectivity index (χ1) is 10.1. The molecule has 110 valence electrons. The van der Waals surface area contributed by atoms with E-state index < -0.39 is 0 Å². The second kappa shape index (κ2) is 7.28. The summed E-state index contributed by atoms with van der Waals surface area (Å²) >= 11 is 5.60. The summed E-state index contributed by atoms with van der Waals surface area (Å²) in [5.74, 6) is 1.22. The van der Waals surface area contributed by atoms with Crippen molar-refractivity contribution in [1.29, 1.82) is 0 Å². The Hall–Kier alpha value is -1.80. The molecular weight excluding hydrogens is 284 g/mol. The summed E-state index contributed by atoms with van der Waals surface area (Å²) < 4.78 is 5.86. The molecule has 0 heterocycles. The lowest BCUT2D eigenvalue weighted by atomic mass is 10.1. The standard InChI is InChI=1S/C18H19ClO2/c1-13-5-3-4-6-16(13)12-21-18-8-7-15(11-14(18)2)17(20)9-10-19/h3-8,11H,9-10,12H2,1-2H3. The van der Waals surface area contributed by atoms with Crippen LogP contribution in [0.15, 0.2) is 42.5 Å². The second-order valence-electron chi connectivity index (χ2n) is 5.06. The zero-order chi connectivity index (χ0) is 15.2. The molecule has 0 fully saturated rings. The summed E-state index contributed by atoms with van der Waals surface area (Å²) in [6.45, 7) is 4.55. The third-order valence-corrected chi connectivity index (χ3v) is 3.65. The third-order valence-electron chi connectivity index (χ3n) is 3.46. The van der Waals surface area contributed by atoms with Gasteiger partial charge in [0.15, 0.2) is 5.78 Å². The van der Waals surface area contributed by atoms with Gasteiger partial charge < -0.3 is 4.74 Å². The number of ether oxygens (including phenoxy) is 1. The Balaban J connectivity index is 2.08. The Morgan fingerprint density at radius 2 is 1.86 bits per heavy atom. The van der Waals surface area contributed by atoms with Crippen molar-refractivity contribution in [2.75, 3.05) is 5.88 Å². The van der Waals surface area contributed by atoms with Gasteiger partial charge in [-0.2, -0.15) is 0 Å². The van der Waals surface area contributed by atoms with E-state index >= 15 is 0 Å². The number of Topliss-reactive ketones (excluding diaryl/α,β-unsaturated/α-hetero) is 1. The van der Waals surface area contributed by atoms with Gasteiger partial charge in [0.2, 0.25) is 0 Å². The van der Waals surface area contributed by atoms with Crippen LogP contribution >= 0.6 is 11.6 Å². The fraction of sp³-hybridized carbons (Fsp3) is 0.278. The van der Waals surface area contributed by atoms with E-state index in [1.54, 1.807) is 6.07 Å². The van der Waals surface area contributed by atoms with Gasteiger partial charge in [0.05, 0.1) is 0 Å². The summed E-state index contributed by atoms with van der Waals surface area (Å²) in [7, 11) is 0. The molecule has 0 spiro atoms. The third kappa shape index (κ3) is 4.08. The van der Waals surface area contributed by atoms with Gasteiger partial charge in [-0.25, -0.2) is 0 Å². The number of ketones is 1. The van der Waals surface area contributed by atoms with Crippen molar-refractivity contribution in [2.45, 2.75) is 26.9 Å². The Morgan fingerprint density at radius 1 is 1.10 bits per heavy atom. The lowest BCUT2D eigenvalue weighted by Gasteiger charge is -2.11. The SMILES string of the molecule is Cc1ccccc1COc1ccc(C(=O)CCCl)cc1C. The van der Waals surface area contributed by atoms with E-state index in [4.69, 9.17) is 16.3 Å². The van der Waals surface area contributed by atoms with Crippen LogP contribution in [0.25, 0.3) is 0 Å². The first-order valence-electron chi connectivity index (χ1n) is 6.99. The molecule has 0 bridgehead atoms. The second-order valence-corrected chi connectivity index (χ2v) is 5.44. The number of hydrogen-bond donors (Lipinski definition) is 0. The highest BCUT2D eigenvalue weighted by molar-refractivity contribution is 6.19. The number of hydrogen-bond acceptors (Lipinski definition) is 2. The Kier molecular flexibility index (Phi) is 5.40. The van der Waals surface area contributed by atoms with Crippen LogP contribution in [-0.4, -0.2) is 11.7 Å². The molecule has 0 aliphatic rings. The maximum absolute atomic E-state index is 11.8. The summed E-state index contributed by atoms with van der Waals surface area (Å²) in [4.78, 5) is 11.8. The zero-order valence-corrected chi connectivity index (χ0v) is 13.1. The molecule has 2 aromatic rings. The summed E-state index contributed by atoms with van der Waals surface area (Å²) in [6.07, 6.45) is 0.365. The van der Waals surface area contributed by atoms with Gasteiger partial charge in [-0.3, -0.25) is 4.79 Å². The fourth-order valence-corrected chi connectivity index (χ4v) is 2.31. The van der Waals surface area contributed by atoms with Crippen LogP contribution < -0.4 is 4.74 Å². The number of alkyl halides is 1. The first-order valence-corrected chi connectivity index (χ1v) is 7.52. The van der Waals surface area contributed by atoms with Crippen molar-refractivity contribution in [3.63, 3.8) is 0 Å². The average Bonchev–Trinajstić information content (AvgIpc) is 2.47. The van der Waals surface area contributed by atoms with Gasteiger partial charge in [0.1, 0.15) is 12.4 Å². The van der Waals surface area contributed by atoms with Crippen LogP contribution in [0.5, 0.6) is 5.75 Å². The molecule has 0 radical (unpaired) electrons. The molecule has 0 aliphatic heterocycles. The van der Waals surface area contributed by atoms with Crippen LogP contribution in [0.3, 0.4) is 0 Å². The van der Waals surface area contributed by atoms with Crippen LogP contribution in [0, 0.1) is 13.8 Å². The van der Waals surface area contributed by atoms with E-state index in [0.29, 0.717) is 24.5 Å². The van der Waals surface area contributed by atoms with Gasteiger partial charge in [0.25, 0.3) is 0 Å². The Morgan fingerprint density at radius 3 is 2.52 bits per heavy atom. The van der Waals surface area contributed by atoms with Gasteiger partial charge in [-0.15, -0.1) is 11.6 Å². The minimum atomic E-state index is 0.0681. The number of rotatable bonds is 6. The molecule has 21 heavy (non-hydrogen) atoms. The minimum absolute atomic E-state index is 0.0681. The topological polar surface area (TPSA) is 26.3 Å². The number of halogens is 1. The van der Waals surface area contributed by atoms with Crippen LogP contribution in [0.4, 0.5) is 0 Å². The molecule has 0 N–H and O–H groups in total. The van der Waals surface area contributed by atoms with Crippen molar-refractivity contribution >= 4 is 17.4 Å². The largest absolute Gasteiger partial charge is 0.489 e. The highest BCUT2D eigenvalue weighted by Crippen LogP contribution is 2.22. The van der Waals surface area contributed by atoms with Gasteiger partial charge in [0, 0.05) is 17.9 Å². The van der Waals surface area contributed by atoms with E-state index in [9.17, 15) is 4.79 Å². The van der Waals surface area contributed by atoms with E-state index in [1.807, 2.05) is 31.2 Å². The molecule has 2 aromatic carbocycles. The quantitative estimate of drug-likeness (QED) is 0.571. The molecule has 0 amide bonds. The lowest BCUT2D eigenvalue weighted by molar-refractivity contribution is 0.0989.